The first kappa shape index (κ1) is 35.7. The average molecular weight is 553 g/mol. The van der Waals surface area contributed by atoms with E-state index in [2.05, 4.69) is 21.3 Å². The Labute approximate surface area is 230 Å². The van der Waals surface area contributed by atoms with Gasteiger partial charge in [0.1, 0.15) is 28.9 Å². The van der Waals surface area contributed by atoms with Crippen LogP contribution in [-0.2, 0) is 38.4 Å². The van der Waals surface area contributed by atoms with Crippen LogP contribution in [0.3, 0.4) is 0 Å². The second-order valence-corrected chi connectivity index (χ2v) is 10.3. The Kier molecular flexibility index (Phi) is 17.3. The predicted molar refractivity (Wildman–Crippen MR) is 144 cm³/mol. The second kappa shape index (κ2) is 18.9. The molecule has 0 bridgehead atoms. The molecular formula is C27H44N4O8. The fraction of sp³-hybridized carbons (Fsp3) is 0.704. The lowest BCUT2D eigenvalue weighted by Gasteiger charge is -2.22. The van der Waals surface area contributed by atoms with Crippen LogP contribution in [0.4, 0.5) is 0 Å². The van der Waals surface area contributed by atoms with E-state index in [0.717, 1.165) is 0 Å². The summed E-state index contributed by atoms with van der Waals surface area (Å²) < 4.78 is 0. The van der Waals surface area contributed by atoms with E-state index < -0.39 is 35.8 Å². The highest BCUT2D eigenvalue weighted by atomic mass is 16.2. The van der Waals surface area contributed by atoms with E-state index in [-0.39, 0.29) is 92.7 Å². The van der Waals surface area contributed by atoms with Crippen LogP contribution < -0.4 is 21.3 Å². The SMILES string of the molecule is CNC(CC(C)=O)CC(=O)NC(CC(C)=O)CC(=O)NC(CCC(=O)NC(CC(C)=O)CC(C)=O)CC(C)=O. The monoisotopic (exact) mass is 552 g/mol. The summed E-state index contributed by atoms with van der Waals surface area (Å²) in [6.45, 7) is 6.84. The van der Waals surface area contributed by atoms with Crippen molar-refractivity contribution in [3.05, 3.63) is 0 Å². The topological polar surface area (TPSA) is 185 Å². The summed E-state index contributed by atoms with van der Waals surface area (Å²) in [5, 5.41) is 10.9. The maximum atomic E-state index is 12.8. The Bertz CT molecular complexity index is 901. The molecule has 12 heteroatoms. The molecule has 3 amide bonds. The normalized spacial score (nSPS) is 13.1. The van der Waals surface area contributed by atoms with Crippen molar-refractivity contribution < 1.29 is 38.4 Å². The van der Waals surface area contributed by atoms with Crippen LogP contribution in [0, 0.1) is 0 Å². The summed E-state index contributed by atoms with van der Waals surface area (Å²) in [6, 6.07) is -2.46. The molecule has 0 fully saturated rings. The lowest BCUT2D eigenvalue weighted by molar-refractivity contribution is -0.127. The molecule has 0 spiro atoms. The smallest absolute Gasteiger partial charge is 0.222 e. The lowest BCUT2D eigenvalue weighted by Crippen LogP contribution is -2.45. The van der Waals surface area contributed by atoms with Crippen molar-refractivity contribution in [2.45, 2.75) is 117 Å². The maximum absolute atomic E-state index is 12.8. The van der Waals surface area contributed by atoms with E-state index in [0.29, 0.717) is 0 Å². The van der Waals surface area contributed by atoms with Crippen molar-refractivity contribution in [1.29, 1.82) is 0 Å². The van der Waals surface area contributed by atoms with Gasteiger partial charge in [0.25, 0.3) is 0 Å². The first-order valence-corrected chi connectivity index (χ1v) is 13.1. The van der Waals surface area contributed by atoms with Gasteiger partial charge < -0.3 is 21.3 Å². The lowest BCUT2D eigenvalue weighted by atomic mass is 10.0. The highest BCUT2D eigenvalue weighted by Gasteiger charge is 2.24. The van der Waals surface area contributed by atoms with Crippen LogP contribution in [-0.4, -0.2) is 77.9 Å². The van der Waals surface area contributed by atoms with E-state index in [4.69, 9.17) is 0 Å². The zero-order chi connectivity index (χ0) is 30.1. The molecule has 0 rings (SSSR count). The molecule has 0 aromatic rings. The number of ketones is 5. The zero-order valence-electron chi connectivity index (χ0n) is 23.9. The van der Waals surface area contributed by atoms with E-state index >= 15 is 0 Å². The van der Waals surface area contributed by atoms with Crippen LogP contribution in [0.1, 0.15) is 92.4 Å². The number of Topliss-reactive ketones (excluding diaryl/α,β-unsaturated/α-hetero) is 5. The van der Waals surface area contributed by atoms with Gasteiger partial charge >= 0.3 is 0 Å². The quantitative estimate of drug-likeness (QED) is 0.157. The molecule has 0 aromatic carbocycles. The summed E-state index contributed by atoms with van der Waals surface area (Å²) in [4.78, 5) is 95.5. The van der Waals surface area contributed by atoms with Gasteiger partial charge in [-0.15, -0.1) is 0 Å². The highest BCUT2D eigenvalue weighted by molar-refractivity contribution is 5.85. The van der Waals surface area contributed by atoms with Crippen molar-refractivity contribution >= 4 is 46.6 Å². The minimum atomic E-state index is -0.787. The fourth-order valence-electron chi connectivity index (χ4n) is 4.21. The summed E-state index contributed by atoms with van der Waals surface area (Å²) in [5.74, 6) is -2.21. The molecule has 0 aliphatic rings. The molecule has 39 heavy (non-hydrogen) atoms. The fourth-order valence-corrected chi connectivity index (χ4v) is 4.21. The molecule has 0 aromatic heterocycles. The molecule has 0 heterocycles. The van der Waals surface area contributed by atoms with Crippen molar-refractivity contribution in [1.82, 2.24) is 21.3 Å². The minimum Gasteiger partial charge on any atom is -0.353 e. The van der Waals surface area contributed by atoms with Crippen molar-refractivity contribution in [2.24, 2.45) is 0 Å². The summed E-state index contributed by atoms with van der Waals surface area (Å²) in [5.41, 5.74) is 0. The van der Waals surface area contributed by atoms with Crippen LogP contribution in [0.5, 0.6) is 0 Å². The molecule has 0 saturated carbocycles. The Morgan fingerprint density at radius 3 is 1.15 bits per heavy atom. The number of hydrogen-bond acceptors (Lipinski definition) is 9. The number of carbonyl (C=O) groups excluding carboxylic acids is 8. The molecule has 3 unspecified atom stereocenters. The van der Waals surface area contributed by atoms with E-state index in [9.17, 15) is 38.4 Å². The molecule has 0 saturated heterocycles. The molecule has 220 valence electrons. The number of nitrogens with one attached hydrogen (secondary N) is 4. The molecule has 4 N–H and O–H groups in total. The van der Waals surface area contributed by atoms with Gasteiger partial charge in [0, 0.05) is 75.5 Å². The van der Waals surface area contributed by atoms with Crippen molar-refractivity contribution in [3.63, 3.8) is 0 Å². The molecule has 0 aliphatic carbocycles. The maximum Gasteiger partial charge on any atom is 0.222 e. The summed E-state index contributed by atoms with van der Waals surface area (Å²) in [7, 11) is 1.63. The number of amides is 3. The average Bonchev–Trinajstić information content (AvgIpc) is 2.74. The molecule has 0 aliphatic heterocycles. The van der Waals surface area contributed by atoms with Crippen LogP contribution in [0.25, 0.3) is 0 Å². The number of carbonyl (C=O) groups is 8. The van der Waals surface area contributed by atoms with Crippen molar-refractivity contribution in [2.75, 3.05) is 7.05 Å². The first-order valence-electron chi connectivity index (χ1n) is 13.1. The molecule has 3 atom stereocenters. The van der Waals surface area contributed by atoms with Crippen molar-refractivity contribution in [3.8, 4) is 0 Å². The Morgan fingerprint density at radius 2 is 0.744 bits per heavy atom. The Hall–Kier alpha value is -3.28. The van der Waals surface area contributed by atoms with Crippen LogP contribution >= 0.6 is 0 Å². The van der Waals surface area contributed by atoms with Crippen LogP contribution in [0.15, 0.2) is 0 Å². The van der Waals surface area contributed by atoms with Crippen LogP contribution in [0.2, 0.25) is 0 Å². The van der Waals surface area contributed by atoms with Gasteiger partial charge in [-0.05, 0) is 48.1 Å². The number of hydrogen-bond donors (Lipinski definition) is 4. The van der Waals surface area contributed by atoms with Gasteiger partial charge in [-0.2, -0.15) is 0 Å². The third-order valence-electron chi connectivity index (χ3n) is 5.76. The van der Waals surface area contributed by atoms with Gasteiger partial charge in [-0.25, -0.2) is 0 Å². The van der Waals surface area contributed by atoms with Gasteiger partial charge in [0.05, 0.1) is 0 Å². The standard InChI is InChI=1S/C27H44N4O8/c1-16(32)9-21(7-8-25(37)30-23(11-18(3)34)12-19(4)35)29-27(39)15-24(13-20(5)36)31-26(38)14-22(28-6)10-17(2)33/h21-24,28H,7-15H2,1-6H3,(H,29,39)(H,30,37)(H,31,38). The third-order valence-corrected chi connectivity index (χ3v) is 5.76. The van der Waals surface area contributed by atoms with Gasteiger partial charge in [0.15, 0.2) is 0 Å². The minimum absolute atomic E-state index is 0.0115. The summed E-state index contributed by atoms with van der Waals surface area (Å²) in [6.07, 6.45) is -0.0667. The highest BCUT2D eigenvalue weighted by Crippen LogP contribution is 2.09. The second-order valence-electron chi connectivity index (χ2n) is 10.3. The molecular weight excluding hydrogens is 508 g/mol. The summed E-state index contributed by atoms with van der Waals surface area (Å²) >= 11 is 0. The predicted octanol–water partition coefficient (Wildman–Crippen LogP) is 0.485. The number of rotatable bonds is 21. The van der Waals surface area contributed by atoms with E-state index in [1.807, 2.05) is 0 Å². The Morgan fingerprint density at radius 1 is 0.436 bits per heavy atom. The molecule has 12 nitrogen and oxygen atoms in total. The van der Waals surface area contributed by atoms with E-state index in [1.54, 1.807) is 7.05 Å². The Balaban J connectivity index is 5.17. The molecule has 0 radical (unpaired) electrons. The van der Waals surface area contributed by atoms with Gasteiger partial charge in [-0.3, -0.25) is 38.4 Å². The van der Waals surface area contributed by atoms with E-state index in [1.165, 1.54) is 34.6 Å². The third kappa shape index (κ3) is 19.4. The zero-order valence-corrected chi connectivity index (χ0v) is 23.9. The first-order chi connectivity index (χ1) is 18.1. The van der Waals surface area contributed by atoms with Gasteiger partial charge in [0.2, 0.25) is 17.7 Å². The van der Waals surface area contributed by atoms with Gasteiger partial charge in [-0.1, -0.05) is 0 Å². The largest absolute Gasteiger partial charge is 0.353 e.